The van der Waals surface area contributed by atoms with E-state index in [0.29, 0.717) is 5.95 Å². The molecule has 0 aliphatic carbocycles. The van der Waals surface area contributed by atoms with E-state index >= 15 is 0 Å². The Hall–Kier alpha value is -9.12. The minimum Gasteiger partial charge on any atom is -0.309 e. The predicted octanol–water partition coefficient (Wildman–Crippen LogP) is 16.8. The average molecular weight is 865 g/mol. The van der Waals surface area contributed by atoms with Crippen molar-refractivity contribution in [1.29, 1.82) is 0 Å². The van der Waals surface area contributed by atoms with Crippen molar-refractivity contribution in [3.8, 4) is 56.3 Å². The van der Waals surface area contributed by atoms with E-state index in [2.05, 4.69) is 252 Å². The van der Waals surface area contributed by atoms with Crippen LogP contribution in [0.2, 0.25) is 0 Å². The second-order valence-electron chi connectivity index (χ2n) is 17.7. The van der Waals surface area contributed by atoms with Crippen molar-refractivity contribution in [3.05, 3.63) is 243 Å². The lowest BCUT2D eigenvalue weighted by Crippen LogP contribution is -2.04. The van der Waals surface area contributed by atoms with Gasteiger partial charge in [-0.3, -0.25) is 4.57 Å². The van der Waals surface area contributed by atoms with Gasteiger partial charge < -0.3 is 4.57 Å². The highest BCUT2D eigenvalue weighted by Gasteiger charge is 2.26. The summed E-state index contributed by atoms with van der Waals surface area (Å²) in [7, 11) is 0. The average Bonchev–Trinajstić information content (AvgIpc) is 3.95. The van der Waals surface area contributed by atoms with Crippen LogP contribution in [-0.4, -0.2) is 19.1 Å². The van der Waals surface area contributed by atoms with Gasteiger partial charge in [-0.1, -0.05) is 200 Å². The molecule has 4 nitrogen and oxygen atoms in total. The molecule has 0 bridgehead atoms. The minimum atomic E-state index is 0.637. The normalized spacial score (nSPS) is 11.8. The van der Waals surface area contributed by atoms with Crippen LogP contribution < -0.4 is 0 Å². The second kappa shape index (κ2) is 15.2. The Morgan fingerprint density at radius 1 is 0.265 bits per heavy atom. The maximum Gasteiger partial charge on any atom is 0.235 e. The Balaban J connectivity index is 1.11. The van der Waals surface area contributed by atoms with Crippen molar-refractivity contribution in [2.45, 2.75) is 0 Å². The predicted molar refractivity (Wildman–Crippen MR) is 285 cm³/mol. The van der Waals surface area contributed by atoms with Crippen LogP contribution in [0.3, 0.4) is 0 Å². The standard InChI is InChI=1S/C64H40N4/c1-4-18-41(19-5-1)44-32-34-45(35-33-44)62-53-28-14-16-30-55(53)65-64(66-62)68-58-37-36-57-59(61(58)60-51-26-12-10-24-49(51)50-25-11-13-27-52(50)63(60)68)54-29-15-17-31-56(54)67(57)48-39-46(42-20-6-2-7-21-42)38-47(40-48)43-22-8-3-9-23-43/h1-40H. The molecule has 4 heteroatoms. The zero-order valence-electron chi connectivity index (χ0n) is 36.9. The number of hydrogen-bond acceptors (Lipinski definition) is 2. The molecule has 14 aromatic rings. The van der Waals surface area contributed by atoms with Gasteiger partial charge in [0.2, 0.25) is 5.95 Å². The fourth-order valence-electron chi connectivity index (χ4n) is 10.9. The Morgan fingerprint density at radius 3 is 1.38 bits per heavy atom. The largest absolute Gasteiger partial charge is 0.309 e. The first-order valence-electron chi connectivity index (χ1n) is 23.2. The van der Waals surface area contributed by atoms with E-state index in [1.165, 1.54) is 71.1 Å². The van der Waals surface area contributed by atoms with E-state index in [4.69, 9.17) is 9.97 Å². The van der Waals surface area contributed by atoms with Gasteiger partial charge in [0, 0.05) is 43.6 Å². The molecule has 11 aromatic carbocycles. The number of hydrogen-bond donors (Lipinski definition) is 0. The molecule has 14 rings (SSSR count). The summed E-state index contributed by atoms with van der Waals surface area (Å²) in [5.74, 6) is 0.637. The monoisotopic (exact) mass is 864 g/mol. The molecule has 0 saturated carbocycles. The molecule has 0 amide bonds. The fraction of sp³-hybridized carbons (Fsp3) is 0. The molecule has 0 aliphatic rings. The minimum absolute atomic E-state index is 0.637. The third kappa shape index (κ3) is 5.87. The van der Waals surface area contributed by atoms with E-state index in [0.717, 1.165) is 55.3 Å². The SMILES string of the molecule is c1ccc(-c2ccc(-c3nc(-n4c5ccc6c(c7ccccc7n6-c6cc(-c7ccccc7)cc(-c7ccccc7)c6)c5c5c6ccccc6c6ccccc6c54)nc4ccccc34)cc2)cc1. The van der Waals surface area contributed by atoms with Crippen molar-refractivity contribution in [2.75, 3.05) is 0 Å². The molecule has 0 fully saturated rings. The number of rotatable bonds is 6. The summed E-state index contributed by atoms with van der Waals surface area (Å²) in [6, 6.07) is 87.5. The van der Waals surface area contributed by atoms with Crippen LogP contribution >= 0.6 is 0 Å². The lowest BCUT2D eigenvalue weighted by molar-refractivity contribution is 1.02. The van der Waals surface area contributed by atoms with Gasteiger partial charge >= 0.3 is 0 Å². The molecule has 0 unspecified atom stereocenters. The summed E-state index contributed by atoms with van der Waals surface area (Å²) in [6.45, 7) is 0. The molecule has 68 heavy (non-hydrogen) atoms. The third-order valence-electron chi connectivity index (χ3n) is 13.9. The summed E-state index contributed by atoms with van der Waals surface area (Å²) in [5.41, 5.74) is 15.4. The summed E-state index contributed by atoms with van der Waals surface area (Å²) in [4.78, 5) is 11.1. The quantitative estimate of drug-likeness (QED) is 0.156. The van der Waals surface area contributed by atoms with Crippen LogP contribution in [0.25, 0.3) is 132 Å². The molecular formula is C64H40N4. The Kier molecular flexibility index (Phi) is 8.55. The first-order chi connectivity index (χ1) is 33.7. The molecule has 0 saturated heterocycles. The number of para-hydroxylation sites is 2. The second-order valence-corrected chi connectivity index (χ2v) is 17.7. The fourth-order valence-corrected chi connectivity index (χ4v) is 10.9. The van der Waals surface area contributed by atoms with Crippen LogP contribution in [0.1, 0.15) is 0 Å². The van der Waals surface area contributed by atoms with E-state index in [9.17, 15) is 0 Å². The van der Waals surface area contributed by atoms with E-state index < -0.39 is 0 Å². The van der Waals surface area contributed by atoms with E-state index in [1.807, 2.05) is 0 Å². The maximum atomic E-state index is 5.62. The van der Waals surface area contributed by atoms with Crippen molar-refractivity contribution in [2.24, 2.45) is 0 Å². The summed E-state index contributed by atoms with van der Waals surface area (Å²) >= 11 is 0. The molecule has 3 aromatic heterocycles. The van der Waals surface area contributed by atoms with Gasteiger partial charge in [0.05, 0.1) is 33.3 Å². The summed E-state index contributed by atoms with van der Waals surface area (Å²) < 4.78 is 4.82. The van der Waals surface area contributed by atoms with Crippen LogP contribution in [-0.2, 0) is 0 Å². The number of benzene rings is 11. The number of nitrogens with zero attached hydrogens (tertiary/aromatic N) is 4. The van der Waals surface area contributed by atoms with Crippen LogP contribution in [0.15, 0.2) is 243 Å². The highest BCUT2D eigenvalue weighted by Crippen LogP contribution is 2.48. The Bertz CT molecular complexity index is 4230. The van der Waals surface area contributed by atoms with Crippen molar-refractivity contribution < 1.29 is 0 Å². The van der Waals surface area contributed by atoms with E-state index in [-0.39, 0.29) is 0 Å². The topological polar surface area (TPSA) is 35.6 Å². The molecule has 3 heterocycles. The molecule has 316 valence electrons. The van der Waals surface area contributed by atoms with Gasteiger partial charge in [-0.15, -0.1) is 0 Å². The molecule has 0 aliphatic heterocycles. The smallest absolute Gasteiger partial charge is 0.235 e. The van der Waals surface area contributed by atoms with Gasteiger partial charge in [-0.25, -0.2) is 9.97 Å². The maximum absolute atomic E-state index is 5.62. The van der Waals surface area contributed by atoms with Gasteiger partial charge in [-0.2, -0.15) is 0 Å². The number of fused-ring (bicyclic) bond motifs is 13. The summed E-state index contributed by atoms with van der Waals surface area (Å²) in [6.07, 6.45) is 0. The number of aromatic nitrogens is 4. The van der Waals surface area contributed by atoms with Gasteiger partial charge in [0.15, 0.2) is 0 Å². The first-order valence-corrected chi connectivity index (χ1v) is 23.2. The van der Waals surface area contributed by atoms with Crippen molar-refractivity contribution in [3.63, 3.8) is 0 Å². The molecular weight excluding hydrogens is 825 g/mol. The van der Waals surface area contributed by atoms with E-state index in [1.54, 1.807) is 0 Å². The van der Waals surface area contributed by atoms with Gasteiger partial charge in [0.1, 0.15) is 0 Å². The van der Waals surface area contributed by atoms with Crippen molar-refractivity contribution >= 4 is 76.1 Å². The highest BCUT2D eigenvalue weighted by molar-refractivity contribution is 6.38. The zero-order chi connectivity index (χ0) is 44.7. The van der Waals surface area contributed by atoms with Gasteiger partial charge in [0.25, 0.3) is 0 Å². The molecule has 0 radical (unpaired) electrons. The Morgan fingerprint density at radius 2 is 0.735 bits per heavy atom. The molecule has 0 atom stereocenters. The van der Waals surface area contributed by atoms with Crippen LogP contribution in [0, 0.1) is 0 Å². The van der Waals surface area contributed by atoms with Crippen molar-refractivity contribution in [1.82, 2.24) is 19.1 Å². The van der Waals surface area contributed by atoms with Crippen LogP contribution in [0.5, 0.6) is 0 Å². The zero-order valence-corrected chi connectivity index (χ0v) is 36.9. The lowest BCUT2D eigenvalue weighted by Gasteiger charge is -2.14. The molecule has 0 N–H and O–H groups in total. The summed E-state index contributed by atoms with van der Waals surface area (Å²) in [5, 5.41) is 10.5. The first kappa shape index (κ1) is 38.2. The van der Waals surface area contributed by atoms with Gasteiger partial charge in [-0.05, 0) is 92.0 Å². The lowest BCUT2D eigenvalue weighted by atomic mass is 9.95. The third-order valence-corrected chi connectivity index (χ3v) is 13.9. The van der Waals surface area contributed by atoms with Crippen LogP contribution in [0.4, 0.5) is 0 Å². The Labute approximate surface area is 392 Å². The molecule has 0 spiro atoms. The highest BCUT2D eigenvalue weighted by atomic mass is 15.2.